The number of benzene rings is 2. The lowest BCUT2D eigenvalue weighted by molar-refractivity contribution is -0.116. The Labute approximate surface area is 174 Å². The number of nitrogens with zero attached hydrogens (tertiary/aromatic N) is 1. The van der Waals surface area contributed by atoms with Crippen molar-refractivity contribution in [2.45, 2.75) is 24.7 Å². The smallest absolute Gasteiger partial charge is 0.224 e. The van der Waals surface area contributed by atoms with Crippen LogP contribution in [0.15, 0.2) is 58.0 Å². The van der Waals surface area contributed by atoms with E-state index in [1.807, 2.05) is 24.3 Å². The van der Waals surface area contributed by atoms with Crippen molar-refractivity contribution in [2.75, 3.05) is 18.2 Å². The zero-order valence-corrected chi connectivity index (χ0v) is 17.4. The molecule has 0 aliphatic rings. The van der Waals surface area contributed by atoms with Crippen LogP contribution in [0.5, 0.6) is 11.5 Å². The lowest BCUT2D eigenvalue weighted by atomic mass is 10.2. The van der Waals surface area contributed by atoms with Gasteiger partial charge in [-0.15, -0.1) is 0 Å². The average Bonchev–Trinajstić information content (AvgIpc) is 3.23. The number of oxazole rings is 1. The van der Waals surface area contributed by atoms with E-state index in [9.17, 15) is 18.3 Å². The molecule has 158 valence electrons. The van der Waals surface area contributed by atoms with Crippen LogP contribution in [-0.4, -0.2) is 37.3 Å². The van der Waals surface area contributed by atoms with Gasteiger partial charge in [0.1, 0.15) is 11.5 Å². The Bertz CT molecular complexity index is 1140. The molecular formula is C21H22N2O6S. The molecular weight excluding hydrogens is 408 g/mol. The SMILES string of the molecule is CCS(=O)(=O)c1ccc(O)c(NC(=O)CCc2ncc(-c3ccc(OC)cc3)o2)c1. The second kappa shape index (κ2) is 9.00. The Morgan fingerprint density at radius 1 is 1.20 bits per heavy atom. The van der Waals surface area contributed by atoms with Gasteiger partial charge in [0.05, 0.1) is 29.6 Å². The van der Waals surface area contributed by atoms with Gasteiger partial charge in [0.2, 0.25) is 5.91 Å². The van der Waals surface area contributed by atoms with Gasteiger partial charge in [0.15, 0.2) is 21.5 Å². The molecule has 0 fully saturated rings. The number of rotatable bonds is 8. The minimum atomic E-state index is -3.45. The van der Waals surface area contributed by atoms with Gasteiger partial charge in [-0.1, -0.05) is 6.92 Å². The third-order valence-corrected chi connectivity index (χ3v) is 6.21. The molecule has 1 aromatic heterocycles. The summed E-state index contributed by atoms with van der Waals surface area (Å²) in [7, 11) is -1.86. The summed E-state index contributed by atoms with van der Waals surface area (Å²) in [6, 6.07) is 11.1. The topological polar surface area (TPSA) is 119 Å². The Kier molecular flexibility index (Phi) is 6.41. The van der Waals surface area contributed by atoms with Crippen LogP contribution in [0.25, 0.3) is 11.3 Å². The van der Waals surface area contributed by atoms with Crippen LogP contribution in [0.4, 0.5) is 5.69 Å². The molecule has 3 rings (SSSR count). The van der Waals surface area contributed by atoms with Crippen molar-refractivity contribution in [2.24, 2.45) is 0 Å². The standard InChI is InChI=1S/C21H22N2O6S/c1-3-30(26,27)16-8-9-18(24)17(12-16)23-20(25)10-11-21-22-13-19(29-21)14-4-6-15(28-2)7-5-14/h4-9,12-13,24H,3,10-11H2,1-2H3,(H,23,25). The maximum atomic E-state index is 12.3. The van der Waals surface area contributed by atoms with Gasteiger partial charge in [-0.25, -0.2) is 13.4 Å². The van der Waals surface area contributed by atoms with E-state index in [0.29, 0.717) is 11.7 Å². The van der Waals surface area contributed by atoms with Crippen molar-refractivity contribution in [3.05, 3.63) is 54.6 Å². The number of carbonyl (C=O) groups is 1. The van der Waals surface area contributed by atoms with Gasteiger partial charge in [0.25, 0.3) is 0 Å². The average molecular weight is 430 g/mol. The molecule has 3 aromatic rings. The predicted molar refractivity (Wildman–Crippen MR) is 111 cm³/mol. The first-order valence-corrected chi connectivity index (χ1v) is 10.9. The number of nitrogens with one attached hydrogen (secondary N) is 1. The number of aryl methyl sites for hydroxylation is 1. The molecule has 0 saturated carbocycles. The highest BCUT2D eigenvalue weighted by atomic mass is 32.2. The van der Waals surface area contributed by atoms with Gasteiger partial charge in [-0.3, -0.25) is 4.79 Å². The maximum Gasteiger partial charge on any atom is 0.224 e. The van der Waals surface area contributed by atoms with E-state index in [0.717, 1.165) is 11.3 Å². The molecule has 30 heavy (non-hydrogen) atoms. The third-order valence-electron chi connectivity index (χ3n) is 4.48. The number of phenolic OH excluding ortho intramolecular Hbond substituents is 1. The summed E-state index contributed by atoms with van der Waals surface area (Å²) in [5.41, 5.74) is 0.874. The van der Waals surface area contributed by atoms with Crippen LogP contribution in [0.3, 0.4) is 0 Å². The highest BCUT2D eigenvalue weighted by molar-refractivity contribution is 7.91. The summed E-state index contributed by atoms with van der Waals surface area (Å²) in [6.45, 7) is 1.52. The van der Waals surface area contributed by atoms with E-state index in [1.54, 1.807) is 13.3 Å². The first kappa shape index (κ1) is 21.4. The van der Waals surface area contributed by atoms with Crippen molar-refractivity contribution < 1.29 is 27.5 Å². The Balaban J connectivity index is 1.63. The van der Waals surface area contributed by atoms with E-state index in [2.05, 4.69) is 10.3 Å². The van der Waals surface area contributed by atoms with Crippen molar-refractivity contribution >= 4 is 21.4 Å². The third kappa shape index (κ3) is 4.98. The molecule has 9 heteroatoms. The van der Waals surface area contributed by atoms with E-state index in [-0.39, 0.29) is 34.9 Å². The molecule has 1 heterocycles. The maximum absolute atomic E-state index is 12.3. The number of carbonyl (C=O) groups excluding carboxylic acids is 1. The van der Waals surface area contributed by atoms with E-state index < -0.39 is 15.7 Å². The minimum Gasteiger partial charge on any atom is -0.506 e. The van der Waals surface area contributed by atoms with Crippen molar-refractivity contribution in [3.63, 3.8) is 0 Å². The molecule has 0 atom stereocenters. The van der Waals surface area contributed by atoms with Crippen LogP contribution in [-0.2, 0) is 21.1 Å². The lowest BCUT2D eigenvalue weighted by Crippen LogP contribution is -2.13. The van der Waals surface area contributed by atoms with Crippen LogP contribution >= 0.6 is 0 Å². The van der Waals surface area contributed by atoms with E-state index in [4.69, 9.17) is 9.15 Å². The predicted octanol–water partition coefficient (Wildman–Crippen LogP) is 3.42. The van der Waals surface area contributed by atoms with Crippen LogP contribution in [0.1, 0.15) is 19.2 Å². The van der Waals surface area contributed by atoms with Crippen LogP contribution in [0.2, 0.25) is 0 Å². The molecule has 0 aliphatic carbocycles. The second-order valence-electron chi connectivity index (χ2n) is 6.48. The fourth-order valence-corrected chi connectivity index (χ4v) is 3.63. The molecule has 0 aliphatic heterocycles. The number of phenols is 1. The monoisotopic (exact) mass is 430 g/mol. The molecule has 2 N–H and O–H groups in total. The van der Waals surface area contributed by atoms with Gasteiger partial charge < -0.3 is 19.6 Å². The Morgan fingerprint density at radius 2 is 1.93 bits per heavy atom. The van der Waals surface area contributed by atoms with Gasteiger partial charge >= 0.3 is 0 Å². The first-order valence-electron chi connectivity index (χ1n) is 9.27. The number of aromatic nitrogens is 1. The molecule has 0 bridgehead atoms. The highest BCUT2D eigenvalue weighted by Gasteiger charge is 2.16. The van der Waals surface area contributed by atoms with Crippen LogP contribution in [0, 0.1) is 0 Å². The number of ether oxygens (including phenoxy) is 1. The van der Waals surface area contributed by atoms with Gasteiger partial charge in [-0.05, 0) is 42.5 Å². The number of aromatic hydroxyl groups is 1. The molecule has 0 spiro atoms. The molecule has 0 radical (unpaired) electrons. The number of anilines is 1. The van der Waals surface area contributed by atoms with Gasteiger partial charge in [0, 0.05) is 18.4 Å². The fraction of sp³-hybridized carbons (Fsp3) is 0.238. The number of methoxy groups -OCH3 is 1. The van der Waals surface area contributed by atoms with Crippen LogP contribution < -0.4 is 10.1 Å². The zero-order valence-electron chi connectivity index (χ0n) is 16.6. The second-order valence-corrected chi connectivity index (χ2v) is 8.76. The summed E-state index contributed by atoms with van der Waals surface area (Å²) in [6.07, 6.45) is 1.88. The summed E-state index contributed by atoms with van der Waals surface area (Å²) in [5, 5.41) is 12.5. The number of hydrogen-bond donors (Lipinski definition) is 2. The molecule has 0 saturated heterocycles. The number of sulfone groups is 1. The quantitative estimate of drug-likeness (QED) is 0.526. The number of amides is 1. The minimum absolute atomic E-state index is 0.0370. The van der Waals surface area contributed by atoms with Gasteiger partial charge in [-0.2, -0.15) is 0 Å². The largest absolute Gasteiger partial charge is 0.506 e. The molecule has 2 aromatic carbocycles. The molecule has 8 nitrogen and oxygen atoms in total. The summed E-state index contributed by atoms with van der Waals surface area (Å²) < 4.78 is 34.8. The highest BCUT2D eigenvalue weighted by Crippen LogP contribution is 2.27. The Morgan fingerprint density at radius 3 is 2.60 bits per heavy atom. The fourth-order valence-electron chi connectivity index (χ4n) is 2.72. The summed E-state index contributed by atoms with van der Waals surface area (Å²) in [5.74, 6) is 1.00. The van der Waals surface area contributed by atoms with E-state index >= 15 is 0 Å². The zero-order chi connectivity index (χ0) is 21.7. The molecule has 1 amide bonds. The van der Waals surface area contributed by atoms with Crippen molar-refractivity contribution in [3.8, 4) is 22.8 Å². The molecule has 0 unspecified atom stereocenters. The first-order chi connectivity index (χ1) is 14.3. The lowest BCUT2D eigenvalue weighted by Gasteiger charge is -2.09. The van der Waals surface area contributed by atoms with Crippen molar-refractivity contribution in [1.29, 1.82) is 0 Å². The summed E-state index contributed by atoms with van der Waals surface area (Å²) in [4.78, 5) is 16.5. The normalized spacial score (nSPS) is 11.3. The summed E-state index contributed by atoms with van der Waals surface area (Å²) >= 11 is 0. The van der Waals surface area contributed by atoms with E-state index in [1.165, 1.54) is 25.1 Å². The Hall–Kier alpha value is -3.33. The number of hydrogen-bond acceptors (Lipinski definition) is 7. The van der Waals surface area contributed by atoms with Crippen molar-refractivity contribution in [1.82, 2.24) is 4.98 Å².